The molecule has 1 N–H and O–H groups in total. The first-order valence-corrected chi connectivity index (χ1v) is 13.6. The molecule has 0 bridgehead atoms. The first kappa shape index (κ1) is 29.0. The van der Waals surface area contributed by atoms with Crippen LogP contribution in [0.2, 0.25) is 0 Å². The van der Waals surface area contributed by atoms with Crippen molar-refractivity contribution in [3.8, 4) is 5.75 Å². The van der Waals surface area contributed by atoms with Gasteiger partial charge in [-0.25, -0.2) is 4.79 Å². The van der Waals surface area contributed by atoms with Gasteiger partial charge < -0.3 is 29.0 Å². The molecule has 2 aliphatic rings. The molecule has 2 heterocycles. The van der Waals surface area contributed by atoms with E-state index in [9.17, 15) is 9.59 Å². The Hall–Kier alpha value is -3.04. The fraction of sp³-hybridized carbons (Fsp3) is 0.533. The lowest BCUT2D eigenvalue weighted by Gasteiger charge is -2.32. The molecule has 2 aromatic rings. The Kier molecular flexibility index (Phi) is 8.33. The summed E-state index contributed by atoms with van der Waals surface area (Å²) in [5, 5.41) is 2.88. The van der Waals surface area contributed by atoms with Crippen molar-refractivity contribution in [3.63, 3.8) is 0 Å². The molecule has 0 spiro atoms. The normalized spacial score (nSPS) is 20.1. The summed E-state index contributed by atoms with van der Waals surface area (Å²) in [6.07, 6.45) is 0.376. The van der Waals surface area contributed by atoms with Crippen molar-refractivity contribution in [2.75, 3.05) is 13.1 Å². The SMILES string of the molecule is CC(C)(C)OC(=O)N[C@@H]1CCN(C(=O)Cc2cc(B3OC(C)(C)C(C)(C)O3)ccc2OCc2ccccc2)C1. The molecule has 2 fully saturated rings. The average Bonchev–Trinajstić information content (AvgIpc) is 3.38. The summed E-state index contributed by atoms with van der Waals surface area (Å²) in [5.74, 6) is 0.620. The van der Waals surface area contributed by atoms with Gasteiger partial charge in [-0.05, 0) is 72.0 Å². The molecule has 210 valence electrons. The lowest BCUT2D eigenvalue weighted by Crippen LogP contribution is -2.41. The van der Waals surface area contributed by atoms with E-state index in [2.05, 4.69) is 5.32 Å². The third-order valence-corrected chi connectivity index (χ3v) is 7.45. The van der Waals surface area contributed by atoms with Gasteiger partial charge in [0, 0.05) is 18.7 Å². The van der Waals surface area contributed by atoms with Gasteiger partial charge in [0.15, 0.2) is 0 Å². The van der Waals surface area contributed by atoms with E-state index < -0.39 is 30.0 Å². The summed E-state index contributed by atoms with van der Waals surface area (Å²) in [7, 11) is -0.541. The van der Waals surface area contributed by atoms with Crippen LogP contribution in [0.3, 0.4) is 0 Å². The van der Waals surface area contributed by atoms with Gasteiger partial charge in [0.1, 0.15) is 18.0 Å². The van der Waals surface area contributed by atoms with Crippen LogP contribution in [0.5, 0.6) is 5.75 Å². The Labute approximate surface area is 232 Å². The Morgan fingerprint density at radius 1 is 1.05 bits per heavy atom. The summed E-state index contributed by atoms with van der Waals surface area (Å²) in [6.45, 7) is 14.9. The van der Waals surface area contributed by atoms with E-state index in [1.807, 2.05) is 97.0 Å². The lowest BCUT2D eigenvalue weighted by molar-refractivity contribution is -0.129. The first-order chi connectivity index (χ1) is 18.2. The zero-order chi connectivity index (χ0) is 28.4. The maximum Gasteiger partial charge on any atom is 0.494 e. The van der Waals surface area contributed by atoms with E-state index in [0.29, 0.717) is 31.9 Å². The number of nitrogens with zero attached hydrogens (tertiary/aromatic N) is 1. The predicted molar refractivity (Wildman–Crippen MR) is 151 cm³/mol. The van der Waals surface area contributed by atoms with Gasteiger partial charge in [-0.15, -0.1) is 0 Å². The Morgan fingerprint density at radius 3 is 2.36 bits per heavy atom. The van der Waals surface area contributed by atoms with E-state index in [4.69, 9.17) is 18.8 Å². The van der Waals surface area contributed by atoms with Gasteiger partial charge in [-0.3, -0.25) is 4.79 Å². The minimum absolute atomic E-state index is 0.0286. The number of benzene rings is 2. The number of alkyl carbamates (subject to hydrolysis) is 1. The van der Waals surface area contributed by atoms with Gasteiger partial charge in [0.25, 0.3) is 0 Å². The van der Waals surface area contributed by atoms with Crippen molar-refractivity contribution in [1.29, 1.82) is 0 Å². The van der Waals surface area contributed by atoms with Crippen LogP contribution in [0.4, 0.5) is 4.79 Å². The summed E-state index contributed by atoms with van der Waals surface area (Å²) < 4.78 is 24.1. The lowest BCUT2D eigenvalue weighted by atomic mass is 9.78. The topological polar surface area (TPSA) is 86.3 Å². The van der Waals surface area contributed by atoms with Crippen LogP contribution in [-0.2, 0) is 31.9 Å². The zero-order valence-electron chi connectivity index (χ0n) is 24.2. The molecule has 4 rings (SSSR count). The van der Waals surface area contributed by atoms with E-state index >= 15 is 0 Å². The van der Waals surface area contributed by atoms with Crippen LogP contribution < -0.4 is 15.5 Å². The van der Waals surface area contributed by atoms with Gasteiger partial charge in [-0.2, -0.15) is 0 Å². The maximum absolute atomic E-state index is 13.4. The number of nitrogens with one attached hydrogen (secondary N) is 1. The highest BCUT2D eigenvalue weighted by Crippen LogP contribution is 2.37. The average molecular weight is 536 g/mol. The van der Waals surface area contributed by atoms with Gasteiger partial charge in [0.2, 0.25) is 5.91 Å². The Morgan fingerprint density at radius 2 is 1.72 bits per heavy atom. The van der Waals surface area contributed by atoms with Crippen molar-refractivity contribution < 1.29 is 28.4 Å². The number of carbonyl (C=O) groups is 2. The monoisotopic (exact) mass is 536 g/mol. The molecular weight excluding hydrogens is 495 g/mol. The quantitative estimate of drug-likeness (QED) is 0.533. The second-order valence-corrected chi connectivity index (χ2v) is 12.4. The van der Waals surface area contributed by atoms with Crippen molar-refractivity contribution >= 4 is 24.6 Å². The number of carbonyl (C=O) groups excluding carboxylic acids is 2. The highest BCUT2D eigenvalue weighted by atomic mass is 16.7. The van der Waals surface area contributed by atoms with Gasteiger partial charge in [0.05, 0.1) is 23.7 Å². The molecule has 2 saturated heterocycles. The number of amides is 2. The van der Waals surface area contributed by atoms with Gasteiger partial charge >= 0.3 is 13.2 Å². The Balaban J connectivity index is 1.48. The van der Waals surface area contributed by atoms with Crippen LogP contribution in [-0.4, -0.2) is 60.0 Å². The number of hydrogen-bond acceptors (Lipinski definition) is 6. The molecule has 2 amide bonds. The first-order valence-electron chi connectivity index (χ1n) is 13.6. The second-order valence-electron chi connectivity index (χ2n) is 12.4. The van der Waals surface area contributed by atoms with E-state index in [-0.39, 0.29) is 18.4 Å². The van der Waals surface area contributed by atoms with Crippen LogP contribution in [0.15, 0.2) is 48.5 Å². The number of likely N-dealkylation sites (tertiary alicyclic amines) is 1. The summed E-state index contributed by atoms with van der Waals surface area (Å²) >= 11 is 0. The zero-order valence-corrected chi connectivity index (χ0v) is 24.2. The third-order valence-electron chi connectivity index (χ3n) is 7.45. The number of ether oxygens (including phenoxy) is 2. The van der Waals surface area contributed by atoms with Crippen molar-refractivity contribution in [2.24, 2.45) is 0 Å². The highest BCUT2D eigenvalue weighted by molar-refractivity contribution is 6.62. The van der Waals surface area contributed by atoms with E-state index in [1.54, 1.807) is 4.90 Å². The number of hydrogen-bond donors (Lipinski definition) is 1. The smallest absolute Gasteiger partial charge is 0.489 e. The molecule has 0 aliphatic carbocycles. The maximum atomic E-state index is 13.4. The fourth-order valence-corrected chi connectivity index (χ4v) is 4.59. The molecule has 0 saturated carbocycles. The third kappa shape index (κ3) is 7.34. The van der Waals surface area contributed by atoms with Crippen molar-refractivity contribution in [1.82, 2.24) is 10.2 Å². The molecule has 0 unspecified atom stereocenters. The van der Waals surface area contributed by atoms with Crippen LogP contribution in [0.25, 0.3) is 0 Å². The van der Waals surface area contributed by atoms with Crippen LogP contribution >= 0.6 is 0 Å². The molecule has 1 atom stereocenters. The van der Waals surface area contributed by atoms with Crippen molar-refractivity contribution in [3.05, 3.63) is 59.7 Å². The van der Waals surface area contributed by atoms with Crippen LogP contribution in [0.1, 0.15) is 66.0 Å². The van der Waals surface area contributed by atoms with Gasteiger partial charge in [-0.1, -0.05) is 42.5 Å². The fourth-order valence-electron chi connectivity index (χ4n) is 4.59. The molecule has 39 heavy (non-hydrogen) atoms. The molecule has 2 aromatic carbocycles. The van der Waals surface area contributed by atoms with Crippen LogP contribution in [0, 0.1) is 0 Å². The summed E-state index contributed by atoms with van der Waals surface area (Å²) in [4.78, 5) is 27.4. The largest absolute Gasteiger partial charge is 0.494 e. The number of rotatable bonds is 7. The molecule has 0 radical (unpaired) electrons. The molecular formula is C30H41BN2O6. The van der Waals surface area contributed by atoms with E-state index in [1.165, 1.54) is 0 Å². The summed E-state index contributed by atoms with van der Waals surface area (Å²) in [5.41, 5.74) is 1.14. The molecule has 8 nitrogen and oxygen atoms in total. The van der Waals surface area contributed by atoms with Crippen molar-refractivity contribution in [2.45, 2.75) is 90.8 Å². The minimum Gasteiger partial charge on any atom is -0.489 e. The highest BCUT2D eigenvalue weighted by Gasteiger charge is 2.51. The molecule has 2 aliphatic heterocycles. The summed E-state index contributed by atoms with van der Waals surface area (Å²) in [6, 6.07) is 15.6. The Bertz CT molecular complexity index is 1160. The second kappa shape index (κ2) is 11.2. The minimum atomic E-state index is -0.573. The predicted octanol–water partition coefficient (Wildman–Crippen LogP) is 4.23. The van der Waals surface area contributed by atoms with E-state index in [0.717, 1.165) is 16.6 Å². The molecule has 0 aromatic heterocycles. The molecule has 9 heteroatoms. The standard InChI is InChI=1S/C30H41BN2O6/c1-28(2,3)37-27(35)32-24-15-16-33(19-24)26(34)18-22-17-23(31-38-29(4,5)30(6,7)39-31)13-14-25(22)36-20-21-11-9-8-10-12-21/h8-14,17,24H,15-16,18-20H2,1-7H3,(H,32,35)/t24-/m1/s1.